The normalized spacial score (nSPS) is 21.2. The van der Waals surface area contributed by atoms with E-state index in [9.17, 15) is 9.59 Å². The lowest BCUT2D eigenvalue weighted by atomic mass is 9.92. The van der Waals surface area contributed by atoms with Crippen molar-refractivity contribution in [2.75, 3.05) is 6.54 Å². The number of nitrogens with two attached hydrogens (primary N) is 1. The number of amides is 2. The summed E-state index contributed by atoms with van der Waals surface area (Å²) in [5.74, 6) is -0.868. The van der Waals surface area contributed by atoms with Gasteiger partial charge in [-0.25, -0.2) is 4.68 Å². The van der Waals surface area contributed by atoms with Gasteiger partial charge in [0.15, 0.2) is 5.69 Å². The second-order valence-electron chi connectivity index (χ2n) is 5.87. The lowest BCUT2D eigenvalue weighted by Gasteiger charge is -2.36. The zero-order valence-electron chi connectivity index (χ0n) is 12.9. The number of primary amides is 1. The summed E-state index contributed by atoms with van der Waals surface area (Å²) < 4.78 is 1.56. The van der Waals surface area contributed by atoms with Crippen LogP contribution in [0.25, 0.3) is 5.69 Å². The molecule has 3 rings (SSSR count). The first-order valence-corrected chi connectivity index (χ1v) is 7.64. The van der Waals surface area contributed by atoms with E-state index in [1.807, 2.05) is 37.3 Å². The predicted molar refractivity (Wildman–Crippen MR) is 83.8 cm³/mol. The average Bonchev–Trinajstić information content (AvgIpc) is 3.05. The predicted octanol–water partition coefficient (Wildman–Crippen LogP) is 0.993. The largest absolute Gasteiger partial charge is 0.369 e. The van der Waals surface area contributed by atoms with Crippen LogP contribution in [0.4, 0.5) is 0 Å². The van der Waals surface area contributed by atoms with Crippen molar-refractivity contribution in [2.45, 2.75) is 25.8 Å². The molecule has 23 heavy (non-hydrogen) atoms. The SMILES string of the molecule is C[C@@H]1CC[C@H](C(N)=O)CN1C(=O)c1cn(-c2ccccc2)nn1. The standard InChI is InChI=1S/C16H19N5O2/c1-11-7-8-12(15(17)22)9-20(11)16(23)14-10-21(19-18-14)13-5-3-2-4-6-13/h2-6,10-12H,7-9H2,1H3,(H2,17,22)/t11-,12+/m1/s1. The fourth-order valence-corrected chi connectivity index (χ4v) is 2.84. The summed E-state index contributed by atoms with van der Waals surface area (Å²) in [6, 6.07) is 9.52. The Morgan fingerprint density at radius 1 is 1.22 bits per heavy atom. The van der Waals surface area contributed by atoms with Gasteiger partial charge in [-0.1, -0.05) is 23.4 Å². The van der Waals surface area contributed by atoms with Crippen molar-refractivity contribution in [1.82, 2.24) is 19.9 Å². The van der Waals surface area contributed by atoms with Gasteiger partial charge in [0.05, 0.1) is 17.8 Å². The van der Waals surface area contributed by atoms with Crippen LogP contribution in [0.1, 0.15) is 30.3 Å². The van der Waals surface area contributed by atoms with Gasteiger partial charge in [-0.05, 0) is 31.9 Å². The topological polar surface area (TPSA) is 94.1 Å². The van der Waals surface area contributed by atoms with E-state index in [4.69, 9.17) is 5.73 Å². The molecule has 0 radical (unpaired) electrons. The Morgan fingerprint density at radius 2 is 1.96 bits per heavy atom. The second kappa shape index (κ2) is 6.20. The number of aromatic nitrogens is 3. The number of likely N-dealkylation sites (tertiary alicyclic amines) is 1. The second-order valence-corrected chi connectivity index (χ2v) is 5.87. The Morgan fingerprint density at radius 3 is 2.65 bits per heavy atom. The van der Waals surface area contributed by atoms with Crippen LogP contribution in [-0.4, -0.2) is 44.3 Å². The Hall–Kier alpha value is -2.70. The lowest BCUT2D eigenvalue weighted by Crippen LogP contribution is -2.48. The van der Waals surface area contributed by atoms with E-state index in [1.165, 1.54) is 0 Å². The Bertz CT molecular complexity index is 712. The molecule has 0 unspecified atom stereocenters. The van der Waals surface area contributed by atoms with Gasteiger partial charge in [-0.15, -0.1) is 5.10 Å². The first-order valence-electron chi connectivity index (χ1n) is 7.64. The molecule has 2 N–H and O–H groups in total. The number of carbonyl (C=O) groups is 2. The van der Waals surface area contributed by atoms with Crippen LogP contribution in [0.3, 0.4) is 0 Å². The van der Waals surface area contributed by atoms with E-state index in [0.717, 1.165) is 18.5 Å². The number of para-hydroxylation sites is 1. The van der Waals surface area contributed by atoms with E-state index < -0.39 is 0 Å². The van der Waals surface area contributed by atoms with Crippen LogP contribution in [0, 0.1) is 5.92 Å². The summed E-state index contributed by atoms with van der Waals surface area (Å²) in [5, 5.41) is 7.99. The quantitative estimate of drug-likeness (QED) is 0.914. The fourth-order valence-electron chi connectivity index (χ4n) is 2.84. The van der Waals surface area contributed by atoms with E-state index in [0.29, 0.717) is 6.54 Å². The zero-order valence-corrected chi connectivity index (χ0v) is 12.9. The third-order valence-corrected chi connectivity index (χ3v) is 4.28. The molecule has 0 spiro atoms. The highest BCUT2D eigenvalue weighted by atomic mass is 16.2. The summed E-state index contributed by atoms with van der Waals surface area (Å²) >= 11 is 0. The summed E-state index contributed by atoms with van der Waals surface area (Å²) in [6.45, 7) is 2.31. The molecule has 1 aliphatic rings. The number of benzene rings is 1. The van der Waals surface area contributed by atoms with Gasteiger partial charge in [0, 0.05) is 12.6 Å². The highest BCUT2D eigenvalue weighted by Gasteiger charge is 2.33. The lowest BCUT2D eigenvalue weighted by molar-refractivity contribution is -0.123. The van der Waals surface area contributed by atoms with Gasteiger partial charge in [-0.2, -0.15) is 0 Å². The summed E-state index contributed by atoms with van der Waals surface area (Å²) in [6.07, 6.45) is 3.08. The molecule has 1 saturated heterocycles. The maximum Gasteiger partial charge on any atom is 0.276 e. The minimum Gasteiger partial charge on any atom is -0.369 e. The van der Waals surface area contributed by atoms with E-state index in [1.54, 1.807) is 15.8 Å². The van der Waals surface area contributed by atoms with Crippen molar-refractivity contribution in [3.05, 3.63) is 42.2 Å². The Balaban J connectivity index is 1.80. The minimum atomic E-state index is -0.359. The molecule has 0 bridgehead atoms. The van der Waals surface area contributed by atoms with Gasteiger partial charge in [0.25, 0.3) is 5.91 Å². The third-order valence-electron chi connectivity index (χ3n) is 4.28. The smallest absolute Gasteiger partial charge is 0.276 e. The molecule has 1 aromatic heterocycles. The van der Waals surface area contributed by atoms with Gasteiger partial charge in [-0.3, -0.25) is 9.59 Å². The number of hydrogen-bond acceptors (Lipinski definition) is 4. The van der Waals surface area contributed by atoms with Gasteiger partial charge >= 0.3 is 0 Å². The molecule has 2 atom stereocenters. The van der Waals surface area contributed by atoms with E-state index in [-0.39, 0.29) is 29.5 Å². The molecule has 1 aromatic carbocycles. The number of carbonyl (C=O) groups excluding carboxylic acids is 2. The van der Waals surface area contributed by atoms with Gasteiger partial charge in [0.1, 0.15) is 0 Å². The molecule has 7 nitrogen and oxygen atoms in total. The number of hydrogen-bond donors (Lipinski definition) is 1. The van der Waals surface area contributed by atoms with Crippen LogP contribution in [0.5, 0.6) is 0 Å². The average molecular weight is 313 g/mol. The van der Waals surface area contributed by atoms with Crippen molar-refractivity contribution in [1.29, 1.82) is 0 Å². The molecular weight excluding hydrogens is 294 g/mol. The monoisotopic (exact) mass is 313 g/mol. The van der Waals surface area contributed by atoms with Crippen LogP contribution >= 0.6 is 0 Å². The number of nitrogens with zero attached hydrogens (tertiary/aromatic N) is 4. The Kier molecular flexibility index (Phi) is 4.10. The molecule has 7 heteroatoms. The minimum absolute atomic E-state index is 0.0555. The molecule has 120 valence electrons. The maximum atomic E-state index is 12.7. The molecule has 2 amide bonds. The van der Waals surface area contributed by atoms with E-state index in [2.05, 4.69) is 10.3 Å². The molecule has 1 aliphatic heterocycles. The van der Waals surface area contributed by atoms with Crippen molar-refractivity contribution in [3.63, 3.8) is 0 Å². The molecule has 0 saturated carbocycles. The van der Waals surface area contributed by atoms with Crippen molar-refractivity contribution in [2.24, 2.45) is 11.7 Å². The molecule has 0 aliphatic carbocycles. The highest BCUT2D eigenvalue weighted by Crippen LogP contribution is 2.23. The zero-order chi connectivity index (χ0) is 16.4. The summed E-state index contributed by atoms with van der Waals surface area (Å²) in [5.41, 5.74) is 6.49. The van der Waals surface area contributed by atoms with Gasteiger partial charge in [0.2, 0.25) is 5.91 Å². The highest BCUT2D eigenvalue weighted by molar-refractivity contribution is 5.92. The maximum absolute atomic E-state index is 12.7. The summed E-state index contributed by atoms with van der Waals surface area (Å²) in [7, 11) is 0. The Labute approximate surface area is 134 Å². The first-order chi connectivity index (χ1) is 11.1. The number of piperidine rings is 1. The molecular formula is C16H19N5O2. The van der Waals surface area contributed by atoms with Crippen molar-refractivity contribution >= 4 is 11.8 Å². The van der Waals surface area contributed by atoms with Crippen LogP contribution in [0.2, 0.25) is 0 Å². The molecule has 1 fully saturated rings. The summed E-state index contributed by atoms with van der Waals surface area (Å²) in [4.78, 5) is 25.8. The van der Waals surface area contributed by atoms with Crippen LogP contribution < -0.4 is 5.73 Å². The first kappa shape index (κ1) is 15.2. The molecule has 2 heterocycles. The fraction of sp³-hybridized carbons (Fsp3) is 0.375. The van der Waals surface area contributed by atoms with E-state index >= 15 is 0 Å². The van der Waals surface area contributed by atoms with Crippen molar-refractivity contribution < 1.29 is 9.59 Å². The number of rotatable bonds is 3. The van der Waals surface area contributed by atoms with Crippen LogP contribution in [0.15, 0.2) is 36.5 Å². The third kappa shape index (κ3) is 3.08. The van der Waals surface area contributed by atoms with Gasteiger partial charge < -0.3 is 10.6 Å². The van der Waals surface area contributed by atoms with Crippen molar-refractivity contribution in [3.8, 4) is 5.69 Å². The van der Waals surface area contributed by atoms with Crippen LogP contribution in [-0.2, 0) is 4.79 Å². The molecule has 2 aromatic rings.